The van der Waals surface area contributed by atoms with Gasteiger partial charge in [-0.3, -0.25) is 4.79 Å². The Bertz CT molecular complexity index is 1400. The summed E-state index contributed by atoms with van der Waals surface area (Å²) < 4.78 is 27.5. The van der Waals surface area contributed by atoms with Gasteiger partial charge >= 0.3 is 5.97 Å². The quantitative estimate of drug-likeness (QED) is 0.457. The second-order valence-electron chi connectivity index (χ2n) is 8.84. The highest BCUT2D eigenvalue weighted by atomic mass is 32.2. The molecule has 1 atom stereocenters. The smallest absolute Gasteiger partial charge is 0.338 e. The van der Waals surface area contributed by atoms with Crippen LogP contribution in [0.2, 0.25) is 0 Å². The first-order chi connectivity index (χ1) is 18.9. The second kappa shape index (κ2) is 11.3. The zero-order valence-corrected chi connectivity index (χ0v) is 22.9. The largest absolute Gasteiger partial charge is 0.493 e. The minimum atomic E-state index is -0.635. The van der Waals surface area contributed by atoms with E-state index in [0.717, 1.165) is 5.56 Å². The number of amides is 1. The van der Waals surface area contributed by atoms with Crippen molar-refractivity contribution in [1.82, 2.24) is 10.2 Å². The highest BCUT2D eigenvalue weighted by molar-refractivity contribution is 8.16. The van der Waals surface area contributed by atoms with Gasteiger partial charge in [0.25, 0.3) is 0 Å². The number of esters is 1. The molecule has 0 spiro atoms. The Balaban J connectivity index is 1.43. The Morgan fingerprint density at radius 3 is 2.74 bits per heavy atom. The van der Waals surface area contributed by atoms with E-state index in [1.807, 2.05) is 40.6 Å². The molecular formula is C28H29N3O7S. The third-order valence-corrected chi connectivity index (χ3v) is 7.38. The van der Waals surface area contributed by atoms with Crippen LogP contribution in [0.1, 0.15) is 37.4 Å². The molecule has 204 valence electrons. The number of ether oxygens (including phenoxy) is 5. The van der Waals surface area contributed by atoms with Crippen molar-refractivity contribution in [1.29, 1.82) is 0 Å². The van der Waals surface area contributed by atoms with Crippen LogP contribution in [-0.2, 0) is 20.9 Å². The number of amidine groups is 1. The van der Waals surface area contributed by atoms with Gasteiger partial charge in [-0.15, -0.1) is 0 Å². The molecule has 10 nitrogen and oxygen atoms in total. The van der Waals surface area contributed by atoms with Crippen molar-refractivity contribution in [3.05, 3.63) is 69.9 Å². The highest BCUT2D eigenvalue weighted by Gasteiger charge is 2.42. The number of nitrogens with zero attached hydrogens (tertiary/aromatic N) is 2. The van der Waals surface area contributed by atoms with Crippen molar-refractivity contribution in [2.75, 3.05) is 27.6 Å². The molecule has 0 aliphatic carbocycles. The van der Waals surface area contributed by atoms with Crippen LogP contribution in [0.3, 0.4) is 0 Å². The van der Waals surface area contributed by atoms with Gasteiger partial charge in [0, 0.05) is 17.8 Å². The van der Waals surface area contributed by atoms with Gasteiger partial charge in [0.05, 0.1) is 44.6 Å². The first-order valence-electron chi connectivity index (χ1n) is 12.4. The fourth-order valence-electron chi connectivity index (χ4n) is 4.74. The molecule has 3 aliphatic heterocycles. The summed E-state index contributed by atoms with van der Waals surface area (Å²) in [5.41, 5.74) is 3.21. The number of hydrogen-bond acceptors (Lipinski definition) is 10. The van der Waals surface area contributed by atoms with Gasteiger partial charge in [-0.2, -0.15) is 0 Å². The summed E-state index contributed by atoms with van der Waals surface area (Å²) in [6.45, 7) is 4.28. The summed E-state index contributed by atoms with van der Waals surface area (Å²) in [6.07, 6.45) is 0.0779. The molecule has 0 saturated heterocycles. The first kappa shape index (κ1) is 26.5. The number of methoxy groups -OCH3 is 2. The van der Waals surface area contributed by atoms with Crippen LogP contribution in [0.15, 0.2) is 63.8 Å². The molecule has 2 aromatic carbocycles. The van der Waals surface area contributed by atoms with Gasteiger partial charge in [0.2, 0.25) is 12.7 Å². The number of carbonyl (C=O) groups is 2. The molecule has 0 aromatic heterocycles. The Morgan fingerprint density at radius 1 is 1.15 bits per heavy atom. The van der Waals surface area contributed by atoms with Crippen LogP contribution >= 0.6 is 11.8 Å². The van der Waals surface area contributed by atoms with E-state index in [9.17, 15) is 9.59 Å². The lowest BCUT2D eigenvalue weighted by molar-refractivity contribution is -0.139. The van der Waals surface area contributed by atoms with E-state index in [0.29, 0.717) is 57.2 Å². The van der Waals surface area contributed by atoms with E-state index in [4.69, 9.17) is 23.7 Å². The predicted octanol–water partition coefficient (Wildman–Crippen LogP) is 4.28. The minimum absolute atomic E-state index is 0.0779. The SMILES string of the molecule is CCOC(=O)C1=C(C)N=C2SC=C(CC(=O)NCc3ccc4c(c3)OCO4)N2C1c1cccc(OC)c1OC. The third kappa shape index (κ3) is 5.14. The lowest BCUT2D eigenvalue weighted by atomic mass is 9.92. The van der Waals surface area contributed by atoms with Crippen molar-refractivity contribution < 1.29 is 33.3 Å². The van der Waals surface area contributed by atoms with Crippen LogP contribution in [0.25, 0.3) is 0 Å². The van der Waals surface area contributed by atoms with Crippen LogP contribution in [0, 0.1) is 0 Å². The topological polar surface area (TPSA) is 108 Å². The summed E-state index contributed by atoms with van der Waals surface area (Å²) in [6, 6.07) is 10.4. The highest BCUT2D eigenvalue weighted by Crippen LogP contribution is 2.48. The average molecular weight is 552 g/mol. The molecule has 2 aromatic rings. The summed E-state index contributed by atoms with van der Waals surface area (Å²) in [5, 5.41) is 5.52. The van der Waals surface area contributed by atoms with E-state index in [2.05, 4.69) is 10.3 Å². The standard InChI is InChI=1S/C28H29N3O7S/c1-5-36-27(33)24-16(2)30-28-31(25(24)19-7-6-8-21(34-3)26(19)35-4)18(14-39-28)12-23(32)29-13-17-9-10-20-22(11-17)38-15-37-20/h6-11,14,25H,5,12-13,15H2,1-4H3,(H,29,32). The Labute approximate surface area is 230 Å². The number of fused-ring (bicyclic) bond motifs is 2. The average Bonchev–Trinajstić information content (AvgIpc) is 3.57. The fourth-order valence-corrected chi connectivity index (χ4v) is 5.70. The van der Waals surface area contributed by atoms with Gasteiger partial charge in [-0.1, -0.05) is 30.0 Å². The normalized spacial score (nSPS) is 17.3. The number of thioether (sulfide) groups is 1. The van der Waals surface area contributed by atoms with E-state index >= 15 is 0 Å². The number of benzene rings is 2. The van der Waals surface area contributed by atoms with Crippen LogP contribution < -0.4 is 24.3 Å². The molecule has 3 heterocycles. The van der Waals surface area contributed by atoms with Gasteiger partial charge < -0.3 is 33.9 Å². The maximum absolute atomic E-state index is 13.2. The van der Waals surface area contributed by atoms with Crippen molar-refractivity contribution in [2.24, 2.45) is 4.99 Å². The number of aliphatic imine (C=N–C) groups is 1. The monoisotopic (exact) mass is 551 g/mol. The van der Waals surface area contributed by atoms with Crippen molar-refractivity contribution in [2.45, 2.75) is 32.9 Å². The van der Waals surface area contributed by atoms with Crippen LogP contribution in [0.5, 0.6) is 23.0 Å². The molecule has 0 bridgehead atoms. The summed E-state index contributed by atoms with van der Waals surface area (Å²) in [5.74, 6) is 1.71. The molecule has 0 fully saturated rings. The minimum Gasteiger partial charge on any atom is -0.493 e. The Kier molecular flexibility index (Phi) is 7.69. The third-order valence-electron chi connectivity index (χ3n) is 6.49. The second-order valence-corrected chi connectivity index (χ2v) is 9.67. The van der Waals surface area contributed by atoms with E-state index in [1.54, 1.807) is 34.1 Å². The van der Waals surface area contributed by atoms with Crippen molar-refractivity contribution in [3.8, 4) is 23.0 Å². The van der Waals surface area contributed by atoms with E-state index in [1.165, 1.54) is 11.8 Å². The molecule has 3 aliphatic rings. The van der Waals surface area contributed by atoms with Crippen LogP contribution in [0.4, 0.5) is 0 Å². The molecule has 39 heavy (non-hydrogen) atoms. The number of para-hydroxylation sites is 1. The summed E-state index contributed by atoms with van der Waals surface area (Å²) in [4.78, 5) is 32.9. The maximum Gasteiger partial charge on any atom is 0.338 e. The van der Waals surface area contributed by atoms with E-state index < -0.39 is 12.0 Å². The van der Waals surface area contributed by atoms with Crippen molar-refractivity contribution >= 4 is 28.8 Å². The van der Waals surface area contributed by atoms with Crippen molar-refractivity contribution in [3.63, 3.8) is 0 Å². The van der Waals surface area contributed by atoms with Gasteiger partial charge in [0.1, 0.15) is 0 Å². The molecule has 0 radical (unpaired) electrons. The van der Waals surface area contributed by atoms with Gasteiger partial charge in [0.15, 0.2) is 28.2 Å². The molecular weight excluding hydrogens is 522 g/mol. The molecule has 1 unspecified atom stereocenters. The molecule has 0 saturated carbocycles. The molecule has 11 heteroatoms. The Hall–Kier alpha value is -4.12. The zero-order chi connectivity index (χ0) is 27.5. The molecule has 5 rings (SSSR count). The lowest BCUT2D eigenvalue weighted by Crippen LogP contribution is -2.38. The Morgan fingerprint density at radius 2 is 1.97 bits per heavy atom. The molecule has 1 amide bonds. The fraction of sp³-hybridized carbons (Fsp3) is 0.321. The van der Waals surface area contributed by atoms with Gasteiger partial charge in [-0.05, 0) is 43.0 Å². The molecule has 1 N–H and O–H groups in total. The predicted molar refractivity (Wildman–Crippen MR) is 146 cm³/mol. The maximum atomic E-state index is 13.2. The number of nitrogens with one attached hydrogen (secondary N) is 1. The van der Waals surface area contributed by atoms with Gasteiger partial charge in [-0.25, -0.2) is 9.79 Å². The summed E-state index contributed by atoms with van der Waals surface area (Å²) in [7, 11) is 3.11. The van der Waals surface area contributed by atoms with E-state index in [-0.39, 0.29) is 25.7 Å². The number of allylic oxidation sites excluding steroid dienone is 1. The first-order valence-corrected chi connectivity index (χ1v) is 13.3. The lowest BCUT2D eigenvalue weighted by Gasteiger charge is -2.37. The number of hydrogen-bond donors (Lipinski definition) is 1. The number of rotatable bonds is 9. The van der Waals surface area contributed by atoms with Crippen LogP contribution in [-0.4, -0.2) is 49.6 Å². The number of carbonyl (C=O) groups excluding carboxylic acids is 2. The zero-order valence-electron chi connectivity index (χ0n) is 22.1. The summed E-state index contributed by atoms with van der Waals surface area (Å²) >= 11 is 1.40.